The fourth-order valence-electron chi connectivity index (χ4n) is 2.66. The van der Waals surface area contributed by atoms with E-state index in [1.54, 1.807) is 0 Å². The van der Waals surface area contributed by atoms with Crippen LogP contribution in [-0.2, 0) is 17.8 Å². The first-order valence-electron chi connectivity index (χ1n) is 7.42. The van der Waals surface area contributed by atoms with Crippen molar-refractivity contribution in [2.75, 3.05) is 6.54 Å². The Kier molecular flexibility index (Phi) is 5.47. The van der Waals surface area contributed by atoms with E-state index in [-0.39, 0.29) is 5.92 Å². The average Bonchev–Trinajstić information content (AvgIpc) is 2.48. The number of nitrogens with zero attached hydrogens (tertiary/aromatic N) is 2. The van der Waals surface area contributed by atoms with Gasteiger partial charge in [-0.2, -0.15) is 0 Å². The van der Waals surface area contributed by atoms with Crippen molar-refractivity contribution in [1.82, 2.24) is 15.3 Å². The van der Waals surface area contributed by atoms with Gasteiger partial charge >= 0.3 is 5.97 Å². The van der Waals surface area contributed by atoms with Crippen LogP contribution in [0.15, 0.2) is 12.4 Å². The molecule has 0 aliphatic heterocycles. The van der Waals surface area contributed by atoms with Crippen LogP contribution >= 0.6 is 0 Å². The number of nitrogens with one attached hydrogen (secondary N) is 1. The molecule has 0 spiro atoms. The minimum Gasteiger partial charge on any atom is -0.481 e. The van der Waals surface area contributed by atoms with E-state index in [0.29, 0.717) is 12.5 Å². The van der Waals surface area contributed by atoms with E-state index in [2.05, 4.69) is 22.2 Å². The normalized spacial score (nSPS) is 22.6. The van der Waals surface area contributed by atoms with E-state index in [1.165, 1.54) is 0 Å². The maximum absolute atomic E-state index is 10.9. The summed E-state index contributed by atoms with van der Waals surface area (Å²) in [5.41, 5.74) is 1.15. The number of carboxylic acids is 1. The number of aryl methyl sites for hydroxylation is 1. The molecule has 20 heavy (non-hydrogen) atoms. The summed E-state index contributed by atoms with van der Waals surface area (Å²) in [6, 6.07) is 0. The molecular formula is C15H23N3O2. The second-order valence-corrected chi connectivity index (χ2v) is 5.55. The number of aliphatic carboxylic acids is 1. The van der Waals surface area contributed by atoms with E-state index in [4.69, 9.17) is 5.11 Å². The molecule has 0 atom stereocenters. The minimum absolute atomic E-state index is 0.129. The number of rotatable bonds is 6. The second kappa shape index (κ2) is 7.33. The molecule has 5 heteroatoms. The second-order valence-electron chi connectivity index (χ2n) is 5.55. The van der Waals surface area contributed by atoms with Gasteiger partial charge in [-0.15, -0.1) is 0 Å². The van der Waals surface area contributed by atoms with Crippen molar-refractivity contribution < 1.29 is 9.90 Å². The van der Waals surface area contributed by atoms with Crippen molar-refractivity contribution in [3.05, 3.63) is 23.8 Å². The van der Waals surface area contributed by atoms with Crippen molar-refractivity contribution >= 4 is 5.97 Å². The van der Waals surface area contributed by atoms with Gasteiger partial charge in [-0.05, 0) is 50.1 Å². The Labute approximate surface area is 119 Å². The first-order chi connectivity index (χ1) is 9.69. The predicted octanol–water partition coefficient (Wildman–Crippen LogP) is 2.02. The molecule has 1 aliphatic rings. The van der Waals surface area contributed by atoms with Crippen molar-refractivity contribution in [3.63, 3.8) is 0 Å². The van der Waals surface area contributed by atoms with Crippen molar-refractivity contribution in [2.24, 2.45) is 11.8 Å². The Morgan fingerprint density at radius 3 is 2.50 bits per heavy atom. The lowest BCUT2D eigenvalue weighted by Crippen LogP contribution is -2.28. The summed E-state index contributed by atoms with van der Waals surface area (Å²) in [6.07, 6.45) is 8.33. The molecule has 1 aromatic rings. The van der Waals surface area contributed by atoms with Gasteiger partial charge in [0.1, 0.15) is 5.82 Å². The van der Waals surface area contributed by atoms with E-state index in [9.17, 15) is 4.79 Å². The van der Waals surface area contributed by atoms with Crippen molar-refractivity contribution in [1.29, 1.82) is 0 Å². The Morgan fingerprint density at radius 1 is 1.30 bits per heavy atom. The van der Waals surface area contributed by atoms with E-state index in [1.807, 2.05) is 12.4 Å². The van der Waals surface area contributed by atoms with Crippen LogP contribution in [0.5, 0.6) is 0 Å². The molecular weight excluding hydrogens is 254 g/mol. The van der Waals surface area contributed by atoms with Gasteiger partial charge in [0, 0.05) is 12.4 Å². The third-order valence-electron chi connectivity index (χ3n) is 4.08. The maximum Gasteiger partial charge on any atom is 0.306 e. The molecule has 0 aromatic carbocycles. The van der Waals surface area contributed by atoms with Gasteiger partial charge in [-0.1, -0.05) is 6.92 Å². The lowest BCUT2D eigenvalue weighted by atomic mass is 9.82. The van der Waals surface area contributed by atoms with Gasteiger partial charge < -0.3 is 10.4 Å². The SMILES string of the molecule is CCc1cnc(CNCC2CCC(C(=O)O)CC2)nc1. The molecule has 1 heterocycles. The van der Waals surface area contributed by atoms with Crippen molar-refractivity contribution in [3.8, 4) is 0 Å². The minimum atomic E-state index is -0.638. The molecule has 2 rings (SSSR count). The monoisotopic (exact) mass is 277 g/mol. The Bertz CT molecular complexity index is 425. The molecule has 0 bridgehead atoms. The van der Waals surface area contributed by atoms with Crippen LogP contribution < -0.4 is 5.32 Å². The van der Waals surface area contributed by atoms with Crippen molar-refractivity contribution in [2.45, 2.75) is 45.6 Å². The fourth-order valence-corrected chi connectivity index (χ4v) is 2.66. The summed E-state index contributed by atoms with van der Waals surface area (Å²) in [4.78, 5) is 19.5. The Balaban J connectivity index is 1.67. The number of hydrogen-bond donors (Lipinski definition) is 2. The number of carbonyl (C=O) groups is 1. The van der Waals surface area contributed by atoms with E-state index in [0.717, 1.165) is 50.0 Å². The highest BCUT2D eigenvalue weighted by Crippen LogP contribution is 2.28. The zero-order valence-electron chi connectivity index (χ0n) is 12.0. The number of aromatic nitrogens is 2. The molecule has 1 aliphatic carbocycles. The van der Waals surface area contributed by atoms with Crippen LogP contribution in [0.4, 0.5) is 0 Å². The molecule has 1 saturated carbocycles. The number of carboxylic acid groups (broad SMARTS) is 1. The quantitative estimate of drug-likeness (QED) is 0.832. The first-order valence-corrected chi connectivity index (χ1v) is 7.42. The van der Waals surface area contributed by atoms with Gasteiger partial charge in [0.05, 0.1) is 12.5 Å². The highest BCUT2D eigenvalue weighted by Gasteiger charge is 2.25. The molecule has 110 valence electrons. The molecule has 5 nitrogen and oxygen atoms in total. The zero-order chi connectivity index (χ0) is 14.4. The predicted molar refractivity (Wildman–Crippen MR) is 76.2 cm³/mol. The van der Waals surface area contributed by atoms with Gasteiger partial charge in [-0.3, -0.25) is 4.79 Å². The molecule has 0 saturated heterocycles. The Morgan fingerprint density at radius 2 is 1.95 bits per heavy atom. The molecule has 0 amide bonds. The molecule has 0 radical (unpaired) electrons. The van der Waals surface area contributed by atoms with Crippen LogP contribution in [0.2, 0.25) is 0 Å². The van der Waals surface area contributed by atoms with Crippen LogP contribution in [-0.4, -0.2) is 27.6 Å². The molecule has 1 aromatic heterocycles. The summed E-state index contributed by atoms with van der Waals surface area (Å²) in [6.45, 7) is 3.69. The van der Waals surface area contributed by atoms with E-state index < -0.39 is 5.97 Å². The summed E-state index contributed by atoms with van der Waals surface area (Å²) in [5.74, 6) is 0.638. The molecule has 0 unspecified atom stereocenters. The summed E-state index contributed by atoms with van der Waals surface area (Å²) < 4.78 is 0. The van der Waals surface area contributed by atoms with Crippen LogP contribution in [0.3, 0.4) is 0 Å². The third kappa shape index (κ3) is 4.27. The maximum atomic E-state index is 10.9. The zero-order valence-corrected chi connectivity index (χ0v) is 12.0. The van der Waals surface area contributed by atoms with E-state index >= 15 is 0 Å². The summed E-state index contributed by atoms with van der Waals surface area (Å²) in [5, 5.41) is 12.3. The number of hydrogen-bond acceptors (Lipinski definition) is 4. The van der Waals surface area contributed by atoms with Gasteiger partial charge in [0.15, 0.2) is 0 Å². The average molecular weight is 277 g/mol. The highest BCUT2D eigenvalue weighted by molar-refractivity contribution is 5.69. The smallest absolute Gasteiger partial charge is 0.306 e. The first kappa shape index (κ1) is 14.9. The molecule has 1 fully saturated rings. The molecule has 2 N–H and O–H groups in total. The van der Waals surface area contributed by atoms with Gasteiger partial charge in [0.25, 0.3) is 0 Å². The largest absolute Gasteiger partial charge is 0.481 e. The third-order valence-corrected chi connectivity index (χ3v) is 4.08. The fraction of sp³-hybridized carbons (Fsp3) is 0.667. The van der Waals surface area contributed by atoms with Crippen LogP contribution in [0.1, 0.15) is 44.0 Å². The standard InChI is InChI=1S/C15H23N3O2/c1-2-11-8-17-14(18-9-11)10-16-7-12-3-5-13(6-4-12)15(19)20/h8-9,12-13,16H,2-7,10H2,1H3,(H,19,20). The summed E-state index contributed by atoms with van der Waals surface area (Å²) in [7, 11) is 0. The topological polar surface area (TPSA) is 75.1 Å². The van der Waals surface area contributed by atoms with Crippen LogP contribution in [0.25, 0.3) is 0 Å². The summed E-state index contributed by atoms with van der Waals surface area (Å²) >= 11 is 0. The van der Waals surface area contributed by atoms with Gasteiger partial charge in [-0.25, -0.2) is 9.97 Å². The Hall–Kier alpha value is -1.49. The van der Waals surface area contributed by atoms with Crippen LogP contribution in [0, 0.1) is 11.8 Å². The highest BCUT2D eigenvalue weighted by atomic mass is 16.4. The lowest BCUT2D eigenvalue weighted by Gasteiger charge is -2.26. The van der Waals surface area contributed by atoms with Gasteiger partial charge in [0.2, 0.25) is 0 Å². The lowest BCUT2D eigenvalue weighted by molar-refractivity contribution is -0.143.